The Morgan fingerprint density at radius 2 is 2.21 bits per heavy atom. The lowest BCUT2D eigenvalue weighted by Crippen LogP contribution is -1.92. The molecule has 0 aliphatic carbocycles. The number of nitrogens with zero attached hydrogens (tertiary/aromatic N) is 2. The zero-order valence-corrected chi connectivity index (χ0v) is 7.36. The molecule has 2 N–H and O–H groups in total. The van der Waals surface area contributed by atoms with Crippen molar-refractivity contribution in [1.29, 1.82) is 0 Å². The van der Waals surface area contributed by atoms with Gasteiger partial charge in [0.25, 0.3) is 0 Å². The van der Waals surface area contributed by atoms with Crippen molar-refractivity contribution >= 4 is 22.8 Å². The van der Waals surface area contributed by atoms with Gasteiger partial charge in [-0.3, -0.25) is 10.1 Å². The fourth-order valence-electron chi connectivity index (χ4n) is 1.59. The van der Waals surface area contributed by atoms with Crippen molar-refractivity contribution in [1.82, 2.24) is 10.2 Å². The zero-order valence-electron chi connectivity index (χ0n) is 7.36. The summed E-state index contributed by atoms with van der Waals surface area (Å²) >= 11 is 0. The van der Waals surface area contributed by atoms with Crippen LogP contribution in [-0.4, -0.2) is 16.4 Å². The molecule has 0 amide bonds. The summed E-state index contributed by atoms with van der Waals surface area (Å²) in [4.78, 5) is 4.10. The number of hydrogen-bond acceptors (Lipinski definition) is 3. The highest BCUT2D eigenvalue weighted by Gasteiger charge is 2.07. The highest BCUT2D eigenvalue weighted by atomic mass is 15.1. The molecule has 0 spiro atoms. The number of hydrogen-bond donors (Lipinski definition) is 2. The molecule has 2 heterocycles. The number of nitrogens with one attached hydrogen (secondary N) is 2. The predicted molar refractivity (Wildman–Crippen MR) is 56.5 cm³/mol. The van der Waals surface area contributed by atoms with E-state index in [9.17, 15) is 0 Å². The molecular formula is C10H8N4. The number of aromatic amines is 1. The van der Waals surface area contributed by atoms with Crippen molar-refractivity contribution in [2.75, 3.05) is 5.32 Å². The second kappa shape index (κ2) is 2.70. The SMILES string of the molecule is C1=CNc2c(ccc3[nH]ncc23)C=N1. The van der Waals surface area contributed by atoms with Crippen LogP contribution < -0.4 is 5.32 Å². The minimum atomic E-state index is 1.03. The molecule has 0 saturated carbocycles. The van der Waals surface area contributed by atoms with E-state index in [0.717, 1.165) is 22.2 Å². The van der Waals surface area contributed by atoms with E-state index in [0.29, 0.717) is 0 Å². The Morgan fingerprint density at radius 3 is 3.21 bits per heavy atom. The van der Waals surface area contributed by atoms with Crippen LogP contribution >= 0.6 is 0 Å². The first-order valence-corrected chi connectivity index (χ1v) is 4.36. The molecule has 0 unspecified atom stereocenters. The Hall–Kier alpha value is -2.10. The Bertz CT molecular complexity index is 536. The van der Waals surface area contributed by atoms with Gasteiger partial charge < -0.3 is 5.32 Å². The summed E-state index contributed by atoms with van der Waals surface area (Å²) < 4.78 is 0. The van der Waals surface area contributed by atoms with E-state index in [1.807, 2.05) is 30.7 Å². The van der Waals surface area contributed by atoms with Gasteiger partial charge in [-0.25, -0.2) is 0 Å². The van der Waals surface area contributed by atoms with Crippen molar-refractivity contribution in [2.45, 2.75) is 0 Å². The third-order valence-electron chi connectivity index (χ3n) is 2.26. The topological polar surface area (TPSA) is 53.1 Å². The monoisotopic (exact) mass is 184 g/mol. The van der Waals surface area contributed by atoms with Crippen molar-refractivity contribution in [2.24, 2.45) is 4.99 Å². The molecule has 0 bridgehead atoms. The Kier molecular flexibility index (Phi) is 1.41. The zero-order chi connectivity index (χ0) is 9.38. The van der Waals surface area contributed by atoms with Gasteiger partial charge in [0.2, 0.25) is 0 Å². The molecule has 14 heavy (non-hydrogen) atoms. The summed E-state index contributed by atoms with van der Waals surface area (Å²) in [7, 11) is 0. The number of fused-ring (bicyclic) bond motifs is 3. The lowest BCUT2D eigenvalue weighted by molar-refractivity contribution is 1.12. The van der Waals surface area contributed by atoms with Gasteiger partial charge >= 0.3 is 0 Å². The van der Waals surface area contributed by atoms with E-state index in [-0.39, 0.29) is 0 Å². The van der Waals surface area contributed by atoms with Crippen LogP contribution in [0.5, 0.6) is 0 Å². The molecule has 0 radical (unpaired) electrons. The number of aliphatic imine (C=N–C) groups is 1. The van der Waals surface area contributed by atoms with Crippen LogP contribution in [0, 0.1) is 0 Å². The highest BCUT2D eigenvalue weighted by molar-refractivity contribution is 6.02. The van der Waals surface area contributed by atoms with Crippen LogP contribution in [0.4, 0.5) is 5.69 Å². The molecule has 2 aromatic rings. The summed E-state index contributed by atoms with van der Waals surface area (Å²) in [6.45, 7) is 0. The third kappa shape index (κ3) is 0.939. The first-order valence-electron chi connectivity index (χ1n) is 4.36. The van der Waals surface area contributed by atoms with E-state index in [1.54, 1.807) is 6.20 Å². The maximum Gasteiger partial charge on any atom is 0.0671 e. The van der Waals surface area contributed by atoms with Crippen molar-refractivity contribution < 1.29 is 0 Å². The van der Waals surface area contributed by atoms with Gasteiger partial charge in [-0.05, 0) is 12.1 Å². The second-order valence-electron chi connectivity index (χ2n) is 3.10. The standard InChI is InChI=1S/C10H8N4/c1-2-9-8(6-13-14-9)10-7(1)5-11-3-4-12-10/h1-6,12H,(H,13,14). The Morgan fingerprint density at radius 1 is 1.21 bits per heavy atom. The normalized spacial score (nSPS) is 13.7. The average molecular weight is 184 g/mol. The van der Waals surface area contributed by atoms with Crippen molar-refractivity contribution in [3.63, 3.8) is 0 Å². The fourth-order valence-corrected chi connectivity index (χ4v) is 1.59. The molecule has 1 aromatic heterocycles. The summed E-state index contributed by atoms with van der Waals surface area (Å²) in [5.41, 5.74) is 3.15. The van der Waals surface area contributed by atoms with Gasteiger partial charge in [-0.2, -0.15) is 5.10 Å². The van der Waals surface area contributed by atoms with Crippen molar-refractivity contribution in [3.8, 4) is 0 Å². The van der Waals surface area contributed by atoms with E-state index in [4.69, 9.17) is 0 Å². The van der Waals surface area contributed by atoms with Crippen LogP contribution in [0.2, 0.25) is 0 Å². The quantitative estimate of drug-likeness (QED) is 0.656. The van der Waals surface area contributed by atoms with Crippen LogP contribution in [0.1, 0.15) is 5.56 Å². The van der Waals surface area contributed by atoms with Crippen LogP contribution in [0.25, 0.3) is 10.9 Å². The molecule has 0 atom stereocenters. The predicted octanol–water partition coefficient (Wildman–Crippen LogP) is 1.88. The summed E-state index contributed by atoms with van der Waals surface area (Å²) in [5.74, 6) is 0. The lowest BCUT2D eigenvalue weighted by Gasteiger charge is -2.04. The number of benzene rings is 1. The van der Waals surface area contributed by atoms with Crippen LogP contribution in [0.15, 0.2) is 35.7 Å². The molecule has 4 nitrogen and oxygen atoms in total. The van der Waals surface area contributed by atoms with Gasteiger partial charge in [-0.15, -0.1) is 0 Å². The average Bonchev–Trinajstić information content (AvgIpc) is 2.55. The van der Waals surface area contributed by atoms with Gasteiger partial charge in [-0.1, -0.05) is 0 Å². The number of anilines is 1. The van der Waals surface area contributed by atoms with Gasteiger partial charge in [0.05, 0.1) is 17.4 Å². The Labute approximate surface area is 80.4 Å². The van der Waals surface area contributed by atoms with Gasteiger partial charge in [0.1, 0.15) is 0 Å². The van der Waals surface area contributed by atoms with Gasteiger partial charge in [0.15, 0.2) is 0 Å². The summed E-state index contributed by atoms with van der Waals surface area (Å²) in [6.07, 6.45) is 7.19. The maximum absolute atomic E-state index is 4.10. The first-order chi connectivity index (χ1) is 6.95. The molecule has 68 valence electrons. The van der Waals surface area contributed by atoms with E-state index < -0.39 is 0 Å². The molecule has 1 aliphatic heterocycles. The molecule has 1 aromatic carbocycles. The minimum absolute atomic E-state index is 1.03. The first kappa shape index (κ1) is 7.32. The minimum Gasteiger partial charge on any atom is -0.359 e. The number of H-pyrrole nitrogens is 1. The molecule has 3 rings (SSSR count). The molecule has 0 saturated heterocycles. The third-order valence-corrected chi connectivity index (χ3v) is 2.26. The Balaban J connectivity index is 2.38. The summed E-state index contributed by atoms with van der Waals surface area (Å²) in [5, 5.41) is 11.2. The van der Waals surface area contributed by atoms with Crippen LogP contribution in [-0.2, 0) is 0 Å². The maximum atomic E-state index is 4.10. The molecule has 4 heteroatoms. The highest BCUT2D eigenvalue weighted by Crippen LogP contribution is 2.25. The lowest BCUT2D eigenvalue weighted by atomic mass is 10.1. The molecule has 0 fully saturated rings. The van der Waals surface area contributed by atoms with Crippen molar-refractivity contribution in [3.05, 3.63) is 36.3 Å². The fraction of sp³-hybridized carbons (Fsp3) is 0. The van der Waals surface area contributed by atoms with E-state index in [2.05, 4.69) is 20.5 Å². The van der Waals surface area contributed by atoms with E-state index >= 15 is 0 Å². The number of aromatic nitrogens is 2. The summed E-state index contributed by atoms with van der Waals surface area (Å²) in [6, 6.07) is 4.01. The molecule has 1 aliphatic rings. The van der Waals surface area contributed by atoms with E-state index in [1.165, 1.54) is 0 Å². The van der Waals surface area contributed by atoms with Gasteiger partial charge in [0, 0.05) is 29.6 Å². The second-order valence-corrected chi connectivity index (χ2v) is 3.10. The largest absolute Gasteiger partial charge is 0.359 e. The number of rotatable bonds is 0. The molecular weight excluding hydrogens is 176 g/mol. The smallest absolute Gasteiger partial charge is 0.0671 e. The van der Waals surface area contributed by atoms with Crippen LogP contribution in [0.3, 0.4) is 0 Å².